The predicted molar refractivity (Wildman–Crippen MR) is 138 cm³/mol. The van der Waals surface area contributed by atoms with Gasteiger partial charge in [-0.05, 0) is 69.3 Å². The molecule has 2 aromatic carbocycles. The van der Waals surface area contributed by atoms with Crippen LogP contribution in [0.2, 0.25) is 0 Å². The van der Waals surface area contributed by atoms with Crippen LogP contribution in [0.15, 0.2) is 65.7 Å². The fourth-order valence-corrected chi connectivity index (χ4v) is 5.21. The van der Waals surface area contributed by atoms with Crippen LogP contribution in [0.4, 0.5) is 24.7 Å². The van der Waals surface area contributed by atoms with E-state index >= 15 is 0 Å². The molecule has 0 aliphatic heterocycles. The maximum Gasteiger partial charge on any atom is 0.418 e. The molecule has 0 spiro atoms. The molecule has 38 heavy (non-hydrogen) atoms. The highest BCUT2D eigenvalue weighted by molar-refractivity contribution is 7.89. The van der Waals surface area contributed by atoms with Gasteiger partial charge in [0.25, 0.3) is 0 Å². The van der Waals surface area contributed by atoms with E-state index in [-0.39, 0.29) is 22.8 Å². The number of anilines is 2. The average Bonchev–Trinajstić information content (AvgIpc) is 2.82. The van der Waals surface area contributed by atoms with Crippen LogP contribution >= 0.6 is 0 Å². The number of halogens is 3. The standard InChI is InChI=1S/C26H26F3N5O3S/c1-25(2,3)34-38(35,36)18-10-8-17(9-11-18)31-24-19-12-7-16(14-21(19)32-22(33-24)15-37-4)23-20(26(27,28)29)6-5-13-30-23/h5-14,34H,15H2,1-4H3,(H,31,32,33). The van der Waals surface area contributed by atoms with Crippen molar-refractivity contribution in [2.45, 2.75) is 44.0 Å². The third-order valence-corrected chi connectivity index (χ3v) is 7.04. The molecule has 12 heteroatoms. The minimum Gasteiger partial charge on any atom is -0.377 e. The van der Waals surface area contributed by atoms with E-state index in [0.717, 1.165) is 6.07 Å². The lowest BCUT2D eigenvalue weighted by molar-refractivity contribution is -0.137. The minimum atomic E-state index is -4.57. The topological polar surface area (TPSA) is 106 Å². The van der Waals surface area contributed by atoms with Gasteiger partial charge in [-0.1, -0.05) is 6.07 Å². The number of methoxy groups -OCH3 is 1. The Hall–Kier alpha value is -3.61. The summed E-state index contributed by atoms with van der Waals surface area (Å²) >= 11 is 0. The van der Waals surface area contributed by atoms with Crippen LogP contribution in [-0.4, -0.2) is 36.0 Å². The second-order valence-electron chi connectivity index (χ2n) is 9.56. The van der Waals surface area contributed by atoms with Gasteiger partial charge in [-0.25, -0.2) is 23.1 Å². The zero-order valence-electron chi connectivity index (χ0n) is 21.1. The van der Waals surface area contributed by atoms with Crippen LogP contribution < -0.4 is 10.0 Å². The molecule has 0 radical (unpaired) electrons. The van der Waals surface area contributed by atoms with Crippen molar-refractivity contribution in [3.8, 4) is 11.3 Å². The molecular weight excluding hydrogens is 519 g/mol. The Bertz CT molecular complexity index is 1570. The molecular formula is C26H26F3N5O3S. The van der Waals surface area contributed by atoms with Gasteiger partial charge in [0.1, 0.15) is 12.4 Å². The largest absolute Gasteiger partial charge is 0.418 e. The highest BCUT2D eigenvalue weighted by atomic mass is 32.2. The van der Waals surface area contributed by atoms with Crippen LogP contribution in [0, 0.1) is 0 Å². The van der Waals surface area contributed by atoms with Gasteiger partial charge < -0.3 is 10.1 Å². The Balaban J connectivity index is 1.73. The number of pyridine rings is 1. The van der Waals surface area contributed by atoms with Gasteiger partial charge >= 0.3 is 6.18 Å². The van der Waals surface area contributed by atoms with E-state index in [9.17, 15) is 21.6 Å². The van der Waals surface area contributed by atoms with Gasteiger partial charge in [0, 0.05) is 35.5 Å². The molecule has 200 valence electrons. The first-order valence-corrected chi connectivity index (χ1v) is 13.0. The van der Waals surface area contributed by atoms with Crippen molar-refractivity contribution in [1.29, 1.82) is 0 Å². The van der Waals surface area contributed by atoms with Crippen LogP contribution in [0.25, 0.3) is 22.2 Å². The summed E-state index contributed by atoms with van der Waals surface area (Å²) in [4.78, 5) is 13.0. The summed E-state index contributed by atoms with van der Waals surface area (Å²) in [6.45, 7) is 5.33. The maximum absolute atomic E-state index is 13.6. The lowest BCUT2D eigenvalue weighted by atomic mass is 10.0. The summed E-state index contributed by atoms with van der Waals surface area (Å²) in [5.41, 5.74) is -0.499. The second kappa shape index (κ2) is 10.3. The number of nitrogens with zero attached hydrogens (tertiary/aromatic N) is 3. The smallest absolute Gasteiger partial charge is 0.377 e. The van der Waals surface area contributed by atoms with Crippen molar-refractivity contribution in [3.05, 3.63) is 72.2 Å². The number of hydrogen-bond donors (Lipinski definition) is 2. The number of ether oxygens (including phenoxy) is 1. The van der Waals surface area contributed by atoms with Crippen LogP contribution in [-0.2, 0) is 27.5 Å². The summed E-state index contributed by atoms with van der Waals surface area (Å²) in [7, 11) is -2.23. The van der Waals surface area contributed by atoms with E-state index in [0.29, 0.717) is 28.2 Å². The number of sulfonamides is 1. The van der Waals surface area contributed by atoms with E-state index in [2.05, 4.69) is 25.0 Å². The van der Waals surface area contributed by atoms with Crippen LogP contribution in [0.5, 0.6) is 0 Å². The van der Waals surface area contributed by atoms with Gasteiger partial charge in [0.05, 0.1) is 21.7 Å². The molecule has 0 amide bonds. The number of rotatable bonds is 7. The Morgan fingerprint density at radius 2 is 1.68 bits per heavy atom. The molecule has 0 aliphatic rings. The Labute approximate surface area is 218 Å². The zero-order valence-corrected chi connectivity index (χ0v) is 21.9. The van der Waals surface area contributed by atoms with E-state index in [1.165, 1.54) is 43.6 Å². The maximum atomic E-state index is 13.6. The molecule has 0 unspecified atom stereocenters. The molecule has 0 saturated heterocycles. The normalized spacial score (nSPS) is 12.6. The first-order valence-electron chi connectivity index (χ1n) is 11.5. The van der Waals surface area contributed by atoms with Gasteiger partial charge in [-0.15, -0.1) is 0 Å². The number of nitrogens with one attached hydrogen (secondary N) is 2. The van der Waals surface area contributed by atoms with Crippen LogP contribution in [0.3, 0.4) is 0 Å². The first-order chi connectivity index (χ1) is 17.8. The van der Waals surface area contributed by atoms with E-state index in [1.54, 1.807) is 39.0 Å². The quantitative estimate of drug-likeness (QED) is 0.308. The lowest BCUT2D eigenvalue weighted by Gasteiger charge is -2.20. The summed E-state index contributed by atoms with van der Waals surface area (Å²) in [5.74, 6) is 0.694. The van der Waals surface area contributed by atoms with Crippen LogP contribution in [0.1, 0.15) is 32.2 Å². The van der Waals surface area contributed by atoms with Crippen molar-refractivity contribution in [2.24, 2.45) is 0 Å². The van der Waals surface area contributed by atoms with Crippen molar-refractivity contribution >= 4 is 32.4 Å². The molecule has 4 aromatic rings. The van der Waals surface area contributed by atoms with Gasteiger partial charge in [0.2, 0.25) is 10.0 Å². The summed E-state index contributed by atoms with van der Waals surface area (Å²) in [6, 6.07) is 13.0. The number of aromatic nitrogens is 3. The highest BCUT2D eigenvalue weighted by Gasteiger charge is 2.34. The average molecular weight is 546 g/mol. The predicted octanol–water partition coefficient (Wildman–Crippen LogP) is 5.68. The molecule has 2 aromatic heterocycles. The van der Waals surface area contributed by atoms with E-state index < -0.39 is 27.3 Å². The Kier molecular flexibility index (Phi) is 7.42. The lowest BCUT2D eigenvalue weighted by Crippen LogP contribution is -2.40. The number of benzene rings is 2. The number of alkyl halides is 3. The molecule has 4 rings (SSSR count). The van der Waals surface area contributed by atoms with Crippen molar-refractivity contribution < 1.29 is 26.3 Å². The second-order valence-corrected chi connectivity index (χ2v) is 11.2. The molecule has 0 atom stereocenters. The third-order valence-electron chi connectivity index (χ3n) is 5.27. The third kappa shape index (κ3) is 6.26. The van der Waals surface area contributed by atoms with Crippen molar-refractivity contribution in [3.63, 3.8) is 0 Å². The van der Waals surface area contributed by atoms with E-state index in [4.69, 9.17) is 4.74 Å². The Morgan fingerprint density at radius 1 is 0.974 bits per heavy atom. The zero-order chi connectivity index (χ0) is 27.7. The monoisotopic (exact) mass is 545 g/mol. The molecule has 0 fully saturated rings. The fourth-order valence-electron chi connectivity index (χ4n) is 3.79. The molecule has 0 aliphatic carbocycles. The molecule has 8 nitrogen and oxygen atoms in total. The van der Waals surface area contributed by atoms with Gasteiger partial charge in [-0.2, -0.15) is 13.2 Å². The van der Waals surface area contributed by atoms with Gasteiger partial charge in [0.15, 0.2) is 5.82 Å². The van der Waals surface area contributed by atoms with E-state index in [1.807, 2.05) is 0 Å². The molecule has 2 N–H and O–H groups in total. The number of hydrogen-bond acceptors (Lipinski definition) is 7. The number of fused-ring (bicyclic) bond motifs is 1. The molecule has 2 heterocycles. The summed E-state index contributed by atoms with van der Waals surface area (Å²) in [6.07, 6.45) is -3.26. The summed E-state index contributed by atoms with van der Waals surface area (Å²) < 4.78 is 73.7. The SMILES string of the molecule is COCc1nc(Nc2ccc(S(=O)(=O)NC(C)(C)C)cc2)c2ccc(-c3ncccc3C(F)(F)F)cc2n1. The summed E-state index contributed by atoms with van der Waals surface area (Å²) in [5, 5.41) is 3.70. The fraction of sp³-hybridized carbons (Fsp3) is 0.269. The van der Waals surface area contributed by atoms with Crippen molar-refractivity contribution in [1.82, 2.24) is 19.7 Å². The van der Waals surface area contributed by atoms with Crippen molar-refractivity contribution in [2.75, 3.05) is 12.4 Å². The Morgan fingerprint density at radius 3 is 2.32 bits per heavy atom. The first kappa shape index (κ1) is 27.4. The minimum absolute atomic E-state index is 0.0713. The molecule has 0 bridgehead atoms. The molecule has 0 saturated carbocycles. The van der Waals surface area contributed by atoms with Gasteiger partial charge in [-0.3, -0.25) is 4.98 Å². The highest BCUT2D eigenvalue weighted by Crippen LogP contribution is 2.37.